The second-order valence-corrected chi connectivity index (χ2v) is 6.13. The van der Waals surface area contributed by atoms with E-state index in [-0.39, 0.29) is 5.82 Å². The lowest BCUT2D eigenvalue weighted by molar-refractivity contribution is 0.628. The molecule has 1 aromatic heterocycles. The number of aromatic nitrogens is 2. The first kappa shape index (κ1) is 15.6. The summed E-state index contributed by atoms with van der Waals surface area (Å²) in [7, 11) is 0. The summed E-state index contributed by atoms with van der Waals surface area (Å²) >= 11 is 0. The molecule has 2 heterocycles. The topological polar surface area (TPSA) is 41.1 Å². The SMILES string of the molecule is Fc1ccc(Nc2nc(-c3ccccc3)cc(N3CCCC3)n2)cc1. The Labute approximate surface area is 146 Å². The van der Waals surface area contributed by atoms with Crippen LogP contribution in [0.3, 0.4) is 0 Å². The number of halogens is 1. The van der Waals surface area contributed by atoms with Crippen molar-refractivity contribution in [3.8, 4) is 11.3 Å². The zero-order chi connectivity index (χ0) is 17.1. The van der Waals surface area contributed by atoms with Crippen LogP contribution in [0.5, 0.6) is 0 Å². The van der Waals surface area contributed by atoms with Crippen LogP contribution in [0.1, 0.15) is 12.8 Å². The van der Waals surface area contributed by atoms with Crippen LogP contribution in [-0.4, -0.2) is 23.1 Å². The lowest BCUT2D eigenvalue weighted by Crippen LogP contribution is -2.19. The number of nitrogens with zero attached hydrogens (tertiary/aromatic N) is 3. The number of anilines is 3. The van der Waals surface area contributed by atoms with Crippen LogP contribution < -0.4 is 10.2 Å². The van der Waals surface area contributed by atoms with Gasteiger partial charge in [-0.2, -0.15) is 4.98 Å². The molecule has 0 radical (unpaired) electrons. The molecule has 3 aromatic rings. The summed E-state index contributed by atoms with van der Waals surface area (Å²) in [6.45, 7) is 2.03. The molecule has 1 fully saturated rings. The normalized spacial score (nSPS) is 13.9. The fraction of sp³-hybridized carbons (Fsp3) is 0.200. The summed E-state index contributed by atoms with van der Waals surface area (Å²) in [6, 6.07) is 18.3. The van der Waals surface area contributed by atoms with Crippen molar-refractivity contribution in [3.63, 3.8) is 0 Å². The fourth-order valence-corrected chi connectivity index (χ4v) is 3.02. The number of benzene rings is 2. The van der Waals surface area contributed by atoms with Crippen LogP contribution in [0, 0.1) is 5.82 Å². The van der Waals surface area contributed by atoms with E-state index in [1.165, 1.54) is 25.0 Å². The molecule has 5 heteroatoms. The van der Waals surface area contributed by atoms with E-state index >= 15 is 0 Å². The first-order valence-corrected chi connectivity index (χ1v) is 8.50. The van der Waals surface area contributed by atoms with Gasteiger partial charge in [-0.05, 0) is 37.1 Å². The van der Waals surface area contributed by atoms with Crippen molar-refractivity contribution in [1.29, 1.82) is 0 Å². The van der Waals surface area contributed by atoms with Crippen molar-refractivity contribution in [2.75, 3.05) is 23.3 Å². The monoisotopic (exact) mass is 334 g/mol. The Morgan fingerprint density at radius 1 is 0.880 bits per heavy atom. The van der Waals surface area contributed by atoms with Gasteiger partial charge in [0.1, 0.15) is 11.6 Å². The third kappa shape index (κ3) is 3.60. The number of rotatable bonds is 4. The Bertz CT molecular complexity index is 843. The van der Waals surface area contributed by atoms with Crippen LogP contribution in [0.2, 0.25) is 0 Å². The van der Waals surface area contributed by atoms with Gasteiger partial charge in [-0.3, -0.25) is 0 Å². The van der Waals surface area contributed by atoms with Gasteiger partial charge in [0.25, 0.3) is 0 Å². The average Bonchev–Trinajstić information content (AvgIpc) is 3.19. The fourth-order valence-electron chi connectivity index (χ4n) is 3.02. The summed E-state index contributed by atoms with van der Waals surface area (Å²) in [5.41, 5.74) is 2.69. The molecule has 2 aromatic carbocycles. The van der Waals surface area contributed by atoms with E-state index in [0.717, 1.165) is 35.9 Å². The molecule has 0 saturated carbocycles. The Morgan fingerprint density at radius 3 is 2.32 bits per heavy atom. The van der Waals surface area contributed by atoms with Crippen molar-refractivity contribution >= 4 is 17.5 Å². The predicted octanol–water partition coefficient (Wildman–Crippen LogP) is 4.63. The maximum atomic E-state index is 13.1. The van der Waals surface area contributed by atoms with Gasteiger partial charge in [-0.15, -0.1) is 0 Å². The van der Waals surface area contributed by atoms with Gasteiger partial charge in [-0.1, -0.05) is 30.3 Å². The summed E-state index contributed by atoms with van der Waals surface area (Å²) in [6.07, 6.45) is 2.37. The highest BCUT2D eigenvalue weighted by atomic mass is 19.1. The van der Waals surface area contributed by atoms with E-state index in [1.54, 1.807) is 12.1 Å². The van der Waals surface area contributed by atoms with Crippen molar-refractivity contribution in [3.05, 3.63) is 66.5 Å². The van der Waals surface area contributed by atoms with Gasteiger partial charge in [0, 0.05) is 30.4 Å². The molecular formula is C20H19FN4. The Kier molecular flexibility index (Phi) is 4.29. The quantitative estimate of drug-likeness (QED) is 0.755. The number of hydrogen-bond donors (Lipinski definition) is 1. The van der Waals surface area contributed by atoms with Crippen molar-refractivity contribution in [2.45, 2.75) is 12.8 Å². The minimum atomic E-state index is -0.262. The summed E-state index contributed by atoms with van der Waals surface area (Å²) in [5.74, 6) is 1.19. The minimum Gasteiger partial charge on any atom is -0.356 e. The van der Waals surface area contributed by atoms with Gasteiger partial charge < -0.3 is 10.2 Å². The molecule has 0 spiro atoms. The molecule has 1 aliphatic rings. The highest BCUT2D eigenvalue weighted by molar-refractivity contribution is 5.66. The summed E-state index contributed by atoms with van der Waals surface area (Å²) in [5, 5.41) is 3.19. The second kappa shape index (κ2) is 6.89. The maximum Gasteiger partial charge on any atom is 0.229 e. The lowest BCUT2D eigenvalue weighted by atomic mass is 10.1. The van der Waals surface area contributed by atoms with Gasteiger partial charge in [0.2, 0.25) is 5.95 Å². The largest absolute Gasteiger partial charge is 0.356 e. The van der Waals surface area contributed by atoms with Gasteiger partial charge in [0.15, 0.2) is 0 Å². The smallest absolute Gasteiger partial charge is 0.229 e. The van der Waals surface area contributed by atoms with E-state index in [1.807, 2.05) is 36.4 Å². The van der Waals surface area contributed by atoms with Gasteiger partial charge in [0.05, 0.1) is 5.69 Å². The second-order valence-electron chi connectivity index (χ2n) is 6.13. The van der Waals surface area contributed by atoms with Gasteiger partial charge >= 0.3 is 0 Å². The van der Waals surface area contributed by atoms with Crippen LogP contribution in [0.25, 0.3) is 11.3 Å². The van der Waals surface area contributed by atoms with E-state index in [0.29, 0.717) is 5.95 Å². The molecule has 126 valence electrons. The molecule has 0 amide bonds. The molecule has 1 saturated heterocycles. The molecule has 25 heavy (non-hydrogen) atoms. The first-order valence-electron chi connectivity index (χ1n) is 8.50. The Hall–Kier alpha value is -2.95. The summed E-state index contributed by atoms with van der Waals surface area (Å²) in [4.78, 5) is 11.6. The molecule has 1 N–H and O–H groups in total. The molecule has 1 aliphatic heterocycles. The molecule has 0 unspecified atom stereocenters. The summed E-state index contributed by atoms with van der Waals surface area (Å²) < 4.78 is 13.1. The highest BCUT2D eigenvalue weighted by Crippen LogP contribution is 2.26. The molecule has 4 rings (SSSR count). The zero-order valence-electron chi connectivity index (χ0n) is 13.8. The highest BCUT2D eigenvalue weighted by Gasteiger charge is 2.16. The maximum absolute atomic E-state index is 13.1. The van der Waals surface area contributed by atoms with E-state index in [2.05, 4.69) is 20.2 Å². The average molecular weight is 334 g/mol. The number of nitrogens with one attached hydrogen (secondary N) is 1. The molecule has 0 bridgehead atoms. The van der Waals surface area contributed by atoms with Gasteiger partial charge in [-0.25, -0.2) is 9.37 Å². The first-order chi connectivity index (χ1) is 12.3. The minimum absolute atomic E-state index is 0.262. The van der Waals surface area contributed by atoms with Crippen molar-refractivity contribution in [2.24, 2.45) is 0 Å². The predicted molar refractivity (Wildman–Crippen MR) is 98.6 cm³/mol. The van der Waals surface area contributed by atoms with E-state index in [4.69, 9.17) is 0 Å². The van der Waals surface area contributed by atoms with Crippen LogP contribution in [-0.2, 0) is 0 Å². The van der Waals surface area contributed by atoms with Crippen molar-refractivity contribution in [1.82, 2.24) is 9.97 Å². The molecule has 0 atom stereocenters. The zero-order valence-corrected chi connectivity index (χ0v) is 13.8. The molecular weight excluding hydrogens is 315 g/mol. The standard InChI is InChI=1S/C20H19FN4/c21-16-8-10-17(11-9-16)22-20-23-18(15-6-2-1-3-7-15)14-19(24-20)25-12-4-5-13-25/h1-3,6-11,14H,4-5,12-13H2,(H,22,23,24). The Balaban J connectivity index is 1.71. The third-order valence-electron chi connectivity index (χ3n) is 4.31. The van der Waals surface area contributed by atoms with Crippen molar-refractivity contribution < 1.29 is 4.39 Å². The Morgan fingerprint density at radius 2 is 1.60 bits per heavy atom. The lowest BCUT2D eigenvalue weighted by Gasteiger charge is -2.18. The third-order valence-corrected chi connectivity index (χ3v) is 4.31. The molecule has 0 aliphatic carbocycles. The van der Waals surface area contributed by atoms with Crippen LogP contribution in [0.4, 0.5) is 21.8 Å². The van der Waals surface area contributed by atoms with E-state index < -0.39 is 0 Å². The van der Waals surface area contributed by atoms with E-state index in [9.17, 15) is 4.39 Å². The van der Waals surface area contributed by atoms with Crippen LogP contribution >= 0.6 is 0 Å². The molecule has 4 nitrogen and oxygen atoms in total. The van der Waals surface area contributed by atoms with Crippen LogP contribution in [0.15, 0.2) is 60.7 Å². The number of hydrogen-bond acceptors (Lipinski definition) is 4.